The molecular weight excluding hydrogens is 393 g/mol. The number of likely N-dealkylation sites (tertiary alicyclic amines) is 1. The lowest BCUT2D eigenvalue weighted by molar-refractivity contribution is -0.166. The number of morpholine rings is 1. The van der Waals surface area contributed by atoms with Crippen molar-refractivity contribution in [3.05, 3.63) is 71.8 Å². The summed E-state index contributed by atoms with van der Waals surface area (Å²) in [4.78, 5) is 27.9. The van der Waals surface area contributed by atoms with Crippen LogP contribution in [0.4, 0.5) is 0 Å². The number of benzene rings is 2. The summed E-state index contributed by atoms with van der Waals surface area (Å²) >= 11 is 0. The molecule has 0 N–H and O–H groups in total. The summed E-state index contributed by atoms with van der Waals surface area (Å²) in [5, 5.41) is 0. The number of esters is 2. The van der Waals surface area contributed by atoms with E-state index in [2.05, 4.69) is 0 Å². The van der Waals surface area contributed by atoms with Gasteiger partial charge < -0.3 is 14.2 Å². The number of carbonyl (C=O) groups excluding carboxylic acids is 2. The predicted octanol–water partition coefficient (Wildman–Crippen LogP) is 2.45. The van der Waals surface area contributed by atoms with Gasteiger partial charge in [-0.25, -0.2) is 0 Å². The molecule has 31 heavy (non-hydrogen) atoms. The van der Waals surface area contributed by atoms with Crippen molar-refractivity contribution in [2.45, 2.75) is 50.2 Å². The number of carbonyl (C=O) groups is 2. The van der Waals surface area contributed by atoms with Gasteiger partial charge in [-0.3, -0.25) is 14.5 Å². The van der Waals surface area contributed by atoms with Crippen LogP contribution in [0.5, 0.6) is 0 Å². The SMILES string of the molecule is [B][C@@H]1O[C@]2(CC(=O)OCc3ccccc3)C(C(=O)OCc3ccccc3)C1N(C)[C@@H]2C. The molecule has 2 heterocycles. The molecular formula is C24H26BNO5. The van der Waals surface area contributed by atoms with Gasteiger partial charge in [0.15, 0.2) is 0 Å². The van der Waals surface area contributed by atoms with Crippen molar-refractivity contribution in [3.8, 4) is 0 Å². The quantitative estimate of drug-likeness (QED) is 0.508. The molecule has 0 aromatic heterocycles. The first-order chi connectivity index (χ1) is 14.9. The first-order valence-electron chi connectivity index (χ1n) is 10.5. The molecule has 0 aliphatic carbocycles. The van der Waals surface area contributed by atoms with E-state index in [0.29, 0.717) is 0 Å². The van der Waals surface area contributed by atoms with Crippen LogP contribution in [0.15, 0.2) is 60.7 Å². The van der Waals surface area contributed by atoms with E-state index in [1.54, 1.807) is 0 Å². The molecule has 0 spiro atoms. The molecule has 160 valence electrons. The third-order valence-corrected chi connectivity index (χ3v) is 6.49. The fourth-order valence-corrected chi connectivity index (χ4v) is 4.77. The Balaban J connectivity index is 1.48. The Morgan fingerprint density at radius 1 is 1.00 bits per heavy atom. The van der Waals surface area contributed by atoms with Crippen molar-refractivity contribution >= 4 is 19.8 Å². The minimum atomic E-state index is -1.08. The average molecular weight is 419 g/mol. The Morgan fingerprint density at radius 3 is 2.13 bits per heavy atom. The lowest BCUT2D eigenvalue weighted by atomic mass is 9.80. The molecule has 2 unspecified atom stereocenters. The summed E-state index contributed by atoms with van der Waals surface area (Å²) in [6.07, 6.45) is -0.0688. The molecule has 4 rings (SSSR count). The van der Waals surface area contributed by atoms with E-state index in [4.69, 9.17) is 22.1 Å². The molecule has 2 aliphatic heterocycles. The van der Waals surface area contributed by atoms with Gasteiger partial charge in [-0.1, -0.05) is 60.7 Å². The van der Waals surface area contributed by atoms with Gasteiger partial charge in [0.2, 0.25) is 0 Å². The Hall–Kier alpha value is -2.64. The second-order valence-electron chi connectivity index (χ2n) is 8.26. The van der Waals surface area contributed by atoms with Crippen LogP contribution < -0.4 is 0 Å². The first kappa shape index (κ1) is 21.6. The largest absolute Gasteiger partial charge is 0.461 e. The van der Waals surface area contributed by atoms with Gasteiger partial charge in [0, 0.05) is 18.1 Å². The number of hydrogen-bond acceptors (Lipinski definition) is 6. The Kier molecular flexibility index (Phi) is 6.16. The second kappa shape index (κ2) is 8.85. The highest BCUT2D eigenvalue weighted by molar-refractivity contribution is 6.12. The fraction of sp³-hybridized carbons (Fsp3) is 0.417. The molecule has 2 bridgehead atoms. The Bertz CT molecular complexity index is 924. The number of ether oxygens (including phenoxy) is 3. The normalized spacial score (nSPS) is 29.6. The number of likely N-dealkylation sites (N-methyl/N-ethyl adjacent to an activating group) is 1. The third kappa shape index (κ3) is 4.12. The molecule has 2 saturated heterocycles. The van der Waals surface area contributed by atoms with Gasteiger partial charge in [0.05, 0.1) is 6.42 Å². The number of fused-ring (bicyclic) bond motifs is 2. The lowest BCUT2D eigenvalue weighted by Gasteiger charge is -2.40. The van der Waals surface area contributed by atoms with Crippen molar-refractivity contribution in [2.75, 3.05) is 7.05 Å². The van der Waals surface area contributed by atoms with Gasteiger partial charge in [0.1, 0.15) is 32.6 Å². The first-order valence-corrected chi connectivity index (χ1v) is 10.5. The fourth-order valence-electron chi connectivity index (χ4n) is 4.77. The highest BCUT2D eigenvalue weighted by Gasteiger charge is 2.68. The van der Waals surface area contributed by atoms with E-state index < -0.39 is 29.5 Å². The van der Waals surface area contributed by atoms with Crippen LogP contribution in [0.2, 0.25) is 0 Å². The zero-order chi connectivity index (χ0) is 22.0. The second-order valence-corrected chi connectivity index (χ2v) is 8.26. The summed E-state index contributed by atoms with van der Waals surface area (Å²) in [7, 11) is 8.11. The van der Waals surface area contributed by atoms with Gasteiger partial charge >= 0.3 is 11.9 Å². The molecule has 7 heteroatoms. The highest BCUT2D eigenvalue weighted by Crippen LogP contribution is 2.51. The van der Waals surface area contributed by atoms with Gasteiger partial charge in [0.25, 0.3) is 0 Å². The molecule has 5 atom stereocenters. The topological polar surface area (TPSA) is 65.1 Å². The molecule has 2 aliphatic rings. The molecule has 0 saturated carbocycles. The van der Waals surface area contributed by atoms with Crippen LogP contribution >= 0.6 is 0 Å². The van der Waals surface area contributed by atoms with Crippen LogP contribution in [0, 0.1) is 5.92 Å². The average Bonchev–Trinajstić information content (AvgIpc) is 3.18. The van der Waals surface area contributed by atoms with E-state index in [-0.39, 0.29) is 31.7 Å². The maximum atomic E-state index is 13.1. The number of nitrogens with zero attached hydrogens (tertiary/aromatic N) is 1. The molecule has 2 aromatic rings. The van der Waals surface area contributed by atoms with Crippen LogP contribution in [0.1, 0.15) is 24.5 Å². The van der Waals surface area contributed by atoms with E-state index >= 15 is 0 Å². The molecule has 2 fully saturated rings. The Labute approximate surface area is 183 Å². The minimum absolute atomic E-state index is 0.0688. The summed E-state index contributed by atoms with van der Waals surface area (Å²) < 4.78 is 17.2. The predicted molar refractivity (Wildman–Crippen MR) is 115 cm³/mol. The third-order valence-electron chi connectivity index (χ3n) is 6.49. The van der Waals surface area contributed by atoms with Crippen LogP contribution in [0.25, 0.3) is 0 Å². The van der Waals surface area contributed by atoms with E-state index in [9.17, 15) is 9.59 Å². The van der Waals surface area contributed by atoms with E-state index in [0.717, 1.165) is 11.1 Å². The summed E-state index contributed by atoms with van der Waals surface area (Å²) in [5.41, 5.74) is 0.704. The van der Waals surface area contributed by atoms with Crippen molar-refractivity contribution < 1.29 is 23.8 Å². The molecule has 2 aromatic carbocycles. The standard InChI is InChI=1S/C24H26BNO5/c1-16-24(13-19(27)29-14-17-9-5-3-6-10-17)20(21(26(16)2)22(25)31-24)23(28)30-15-18-11-7-4-8-12-18/h3-12,16,20-22H,13-15H2,1-2H3/t16-,20?,21?,22-,24+/m1/s1. The van der Waals surface area contributed by atoms with Crippen molar-refractivity contribution in [2.24, 2.45) is 5.92 Å². The smallest absolute Gasteiger partial charge is 0.313 e. The summed E-state index contributed by atoms with van der Waals surface area (Å²) in [6, 6.07) is 17.7. The number of rotatable bonds is 7. The zero-order valence-electron chi connectivity index (χ0n) is 17.8. The van der Waals surface area contributed by atoms with E-state index in [1.165, 1.54) is 0 Å². The van der Waals surface area contributed by atoms with Gasteiger partial charge in [-0.2, -0.15) is 0 Å². The lowest BCUT2D eigenvalue weighted by Crippen LogP contribution is -2.53. The van der Waals surface area contributed by atoms with Crippen LogP contribution in [0.3, 0.4) is 0 Å². The molecule has 6 nitrogen and oxygen atoms in total. The van der Waals surface area contributed by atoms with Crippen molar-refractivity contribution in [3.63, 3.8) is 0 Å². The van der Waals surface area contributed by atoms with Crippen molar-refractivity contribution in [1.82, 2.24) is 4.90 Å². The molecule has 0 amide bonds. The van der Waals surface area contributed by atoms with Crippen LogP contribution in [-0.4, -0.2) is 55.4 Å². The number of hydrogen-bond donors (Lipinski definition) is 0. The maximum Gasteiger partial charge on any atom is 0.313 e. The highest BCUT2D eigenvalue weighted by atomic mass is 16.6. The monoisotopic (exact) mass is 419 g/mol. The van der Waals surface area contributed by atoms with Gasteiger partial charge in [-0.05, 0) is 25.1 Å². The van der Waals surface area contributed by atoms with Crippen LogP contribution in [-0.2, 0) is 37.0 Å². The maximum absolute atomic E-state index is 13.1. The Morgan fingerprint density at radius 2 is 1.55 bits per heavy atom. The van der Waals surface area contributed by atoms with E-state index in [1.807, 2.05) is 79.5 Å². The van der Waals surface area contributed by atoms with Gasteiger partial charge in [-0.15, -0.1) is 0 Å². The summed E-state index contributed by atoms with van der Waals surface area (Å²) in [5.74, 6) is -1.51. The summed E-state index contributed by atoms with van der Waals surface area (Å²) in [6.45, 7) is 2.26. The molecule has 2 radical (unpaired) electrons. The van der Waals surface area contributed by atoms with Crippen molar-refractivity contribution in [1.29, 1.82) is 0 Å². The minimum Gasteiger partial charge on any atom is -0.461 e. The zero-order valence-corrected chi connectivity index (χ0v) is 17.8.